The second-order valence-electron chi connectivity index (χ2n) is 6.16. The minimum atomic E-state index is -0.275. The van der Waals surface area contributed by atoms with Gasteiger partial charge in [0.15, 0.2) is 0 Å². The maximum absolute atomic E-state index is 10.4. The van der Waals surface area contributed by atoms with Crippen molar-refractivity contribution >= 4 is 0 Å². The molecule has 0 aliphatic heterocycles. The molecule has 0 spiro atoms. The zero-order valence-corrected chi connectivity index (χ0v) is 14.4. The van der Waals surface area contributed by atoms with Crippen LogP contribution in [0, 0.1) is 0 Å². The first-order chi connectivity index (χ1) is 9.65. The Balaban J connectivity index is 4.05. The third-order valence-electron chi connectivity index (χ3n) is 4.11. The first-order valence-corrected chi connectivity index (χ1v) is 8.99. The molecule has 0 aromatic rings. The van der Waals surface area contributed by atoms with Gasteiger partial charge in [-0.2, -0.15) is 0 Å². The van der Waals surface area contributed by atoms with Gasteiger partial charge < -0.3 is 9.84 Å². The molecule has 1 N–H and O–H groups in total. The van der Waals surface area contributed by atoms with Crippen LogP contribution in [0.25, 0.3) is 0 Å². The van der Waals surface area contributed by atoms with Crippen LogP contribution in [-0.4, -0.2) is 23.4 Å². The van der Waals surface area contributed by atoms with E-state index in [1.165, 1.54) is 44.9 Å². The summed E-state index contributed by atoms with van der Waals surface area (Å²) in [7, 11) is 0. The highest BCUT2D eigenvalue weighted by atomic mass is 16.5. The van der Waals surface area contributed by atoms with Crippen molar-refractivity contribution in [1.82, 2.24) is 0 Å². The Labute approximate surface area is 127 Å². The maximum Gasteiger partial charge on any atom is 0.0837 e. The molecular formula is C18H38O2. The summed E-state index contributed by atoms with van der Waals surface area (Å²) in [6, 6.07) is 0. The van der Waals surface area contributed by atoms with Gasteiger partial charge in [0, 0.05) is 0 Å². The molecule has 0 saturated heterocycles. The lowest BCUT2D eigenvalue weighted by molar-refractivity contribution is -0.0788. The van der Waals surface area contributed by atoms with E-state index in [4.69, 9.17) is 4.74 Å². The van der Waals surface area contributed by atoms with Gasteiger partial charge in [0.05, 0.1) is 18.3 Å². The summed E-state index contributed by atoms with van der Waals surface area (Å²) in [5.74, 6) is 0. The summed E-state index contributed by atoms with van der Waals surface area (Å²) in [5.41, 5.74) is 0. The molecule has 20 heavy (non-hydrogen) atoms. The van der Waals surface area contributed by atoms with Gasteiger partial charge in [-0.05, 0) is 26.2 Å². The van der Waals surface area contributed by atoms with E-state index in [2.05, 4.69) is 27.7 Å². The highest BCUT2D eigenvalue weighted by Crippen LogP contribution is 2.18. The molecule has 0 bridgehead atoms. The van der Waals surface area contributed by atoms with E-state index >= 15 is 0 Å². The minimum absolute atomic E-state index is 0.0448. The summed E-state index contributed by atoms with van der Waals surface area (Å²) in [6.07, 6.45) is 12.9. The van der Waals surface area contributed by atoms with Crippen LogP contribution < -0.4 is 0 Å². The van der Waals surface area contributed by atoms with E-state index in [9.17, 15) is 5.11 Å². The van der Waals surface area contributed by atoms with Gasteiger partial charge >= 0.3 is 0 Å². The van der Waals surface area contributed by atoms with Crippen molar-refractivity contribution in [2.45, 2.75) is 117 Å². The molecular weight excluding hydrogens is 248 g/mol. The van der Waals surface area contributed by atoms with E-state index < -0.39 is 0 Å². The Kier molecular flexibility index (Phi) is 13.8. The van der Waals surface area contributed by atoms with Crippen molar-refractivity contribution in [3.63, 3.8) is 0 Å². The van der Waals surface area contributed by atoms with Crippen molar-refractivity contribution in [1.29, 1.82) is 0 Å². The first-order valence-electron chi connectivity index (χ1n) is 8.99. The number of rotatable bonds is 14. The lowest BCUT2D eigenvalue weighted by Gasteiger charge is -2.26. The molecule has 0 aliphatic carbocycles. The number of aliphatic hydroxyl groups is 1. The lowest BCUT2D eigenvalue weighted by atomic mass is 10.00. The molecule has 0 radical (unpaired) electrons. The normalized spacial score (nSPS) is 16.1. The van der Waals surface area contributed by atoms with Crippen molar-refractivity contribution in [3.8, 4) is 0 Å². The van der Waals surface area contributed by atoms with Crippen molar-refractivity contribution in [2.75, 3.05) is 0 Å². The van der Waals surface area contributed by atoms with Gasteiger partial charge in [0.1, 0.15) is 0 Å². The van der Waals surface area contributed by atoms with Gasteiger partial charge in [-0.15, -0.1) is 0 Å². The summed E-state index contributed by atoms with van der Waals surface area (Å²) in [4.78, 5) is 0. The average molecular weight is 286 g/mol. The molecule has 0 saturated carbocycles. The molecule has 0 fully saturated rings. The largest absolute Gasteiger partial charge is 0.390 e. The predicted octanol–water partition coefficient (Wildman–Crippen LogP) is 5.47. The SMILES string of the molecule is CCCCCCC(O)C(CCCCCC)OC(C)CC. The number of aliphatic hydroxyl groups excluding tert-OH is 1. The van der Waals surface area contributed by atoms with Crippen LogP contribution in [0.15, 0.2) is 0 Å². The van der Waals surface area contributed by atoms with Crippen LogP contribution in [0.1, 0.15) is 98.3 Å². The van der Waals surface area contributed by atoms with E-state index in [-0.39, 0.29) is 18.3 Å². The van der Waals surface area contributed by atoms with E-state index in [0.29, 0.717) is 0 Å². The fourth-order valence-electron chi connectivity index (χ4n) is 2.48. The van der Waals surface area contributed by atoms with E-state index in [1.54, 1.807) is 0 Å². The maximum atomic E-state index is 10.4. The smallest absolute Gasteiger partial charge is 0.0837 e. The molecule has 0 amide bonds. The molecule has 0 aliphatic rings. The van der Waals surface area contributed by atoms with Crippen LogP contribution in [-0.2, 0) is 4.74 Å². The third-order valence-corrected chi connectivity index (χ3v) is 4.11. The second-order valence-corrected chi connectivity index (χ2v) is 6.16. The molecule has 0 aromatic carbocycles. The van der Waals surface area contributed by atoms with Crippen molar-refractivity contribution in [2.24, 2.45) is 0 Å². The Hall–Kier alpha value is -0.0800. The standard InChI is InChI=1S/C18H38O2/c1-5-8-10-12-14-17(19)18(20-16(4)7-3)15-13-11-9-6-2/h16-19H,5-15H2,1-4H3. The van der Waals surface area contributed by atoms with Gasteiger partial charge in [0.2, 0.25) is 0 Å². The van der Waals surface area contributed by atoms with Crippen LogP contribution >= 0.6 is 0 Å². The van der Waals surface area contributed by atoms with Gasteiger partial charge in [-0.25, -0.2) is 0 Å². The summed E-state index contributed by atoms with van der Waals surface area (Å²) in [6.45, 7) is 8.71. The Bertz CT molecular complexity index is 194. The highest BCUT2D eigenvalue weighted by Gasteiger charge is 2.21. The lowest BCUT2D eigenvalue weighted by Crippen LogP contribution is -2.32. The number of ether oxygens (including phenoxy) is 1. The molecule has 0 aromatic heterocycles. The number of hydrogen-bond donors (Lipinski definition) is 1. The fraction of sp³-hybridized carbons (Fsp3) is 1.00. The Morgan fingerprint density at radius 1 is 0.800 bits per heavy atom. The van der Waals surface area contributed by atoms with Crippen molar-refractivity contribution in [3.05, 3.63) is 0 Å². The molecule has 0 rings (SSSR count). The minimum Gasteiger partial charge on any atom is -0.390 e. The zero-order chi connectivity index (χ0) is 15.2. The highest BCUT2D eigenvalue weighted by molar-refractivity contribution is 4.71. The molecule has 0 heterocycles. The molecule has 3 atom stereocenters. The zero-order valence-electron chi connectivity index (χ0n) is 14.4. The second kappa shape index (κ2) is 13.9. The van der Waals surface area contributed by atoms with Crippen LogP contribution in [0.4, 0.5) is 0 Å². The van der Waals surface area contributed by atoms with Crippen LogP contribution in [0.5, 0.6) is 0 Å². The van der Waals surface area contributed by atoms with Gasteiger partial charge in [0.25, 0.3) is 0 Å². The molecule has 122 valence electrons. The Morgan fingerprint density at radius 2 is 1.35 bits per heavy atom. The van der Waals surface area contributed by atoms with Crippen LogP contribution in [0.2, 0.25) is 0 Å². The summed E-state index contributed by atoms with van der Waals surface area (Å²) < 4.78 is 6.05. The summed E-state index contributed by atoms with van der Waals surface area (Å²) >= 11 is 0. The van der Waals surface area contributed by atoms with E-state index in [0.717, 1.165) is 25.7 Å². The first kappa shape index (κ1) is 19.9. The fourth-order valence-corrected chi connectivity index (χ4v) is 2.48. The molecule has 3 unspecified atom stereocenters. The quantitative estimate of drug-likeness (QED) is 0.429. The molecule has 2 heteroatoms. The number of hydrogen-bond acceptors (Lipinski definition) is 2. The molecule has 2 nitrogen and oxygen atoms in total. The monoisotopic (exact) mass is 286 g/mol. The van der Waals surface area contributed by atoms with E-state index in [1.807, 2.05) is 0 Å². The topological polar surface area (TPSA) is 29.5 Å². The van der Waals surface area contributed by atoms with Crippen molar-refractivity contribution < 1.29 is 9.84 Å². The average Bonchev–Trinajstić information content (AvgIpc) is 2.46. The predicted molar refractivity (Wildman–Crippen MR) is 88.2 cm³/mol. The summed E-state index contributed by atoms with van der Waals surface area (Å²) in [5, 5.41) is 10.4. The van der Waals surface area contributed by atoms with Gasteiger partial charge in [-0.3, -0.25) is 0 Å². The number of unbranched alkanes of at least 4 members (excludes halogenated alkanes) is 6. The van der Waals surface area contributed by atoms with Crippen LogP contribution in [0.3, 0.4) is 0 Å². The Morgan fingerprint density at radius 3 is 1.85 bits per heavy atom. The van der Waals surface area contributed by atoms with Gasteiger partial charge in [-0.1, -0.05) is 72.1 Å². The third kappa shape index (κ3) is 10.7.